The van der Waals surface area contributed by atoms with Crippen molar-refractivity contribution in [1.82, 2.24) is 0 Å². The molecule has 0 saturated carbocycles. The van der Waals surface area contributed by atoms with Gasteiger partial charge in [0.15, 0.2) is 11.6 Å². The molecule has 0 spiro atoms. The third-order valence-corrected chi connectivity index (χ3v) is 1.80. The molecule has 1 aromatic rings. The summed E-state index contributed by atoms with van der Waals surface area (Å²) in [7, 11) is 0. The fraction of sp³-hybridized carbons (Fsp3) is 0.111. The predicted molar refractivity (Wildman–Crippen MR) is 49.2 cm³/mol. The molecule has 0 nitrogen and oxygen atoms in total. The van der Waals surface area contributed by atoms with Gasteiger partial charge in [0.05, 0.1) is 0 Å². The summed E-state index contributed by atoms with van der Waals surface area (Å²) in [6.45, 7) is -3.65. The van der Waals surface area contributed by atoms with Gasteiger partial charge in [-0.05, 0) is 30.2 Å². The molecule has 0 unspecified atom stereocenters. The van der Waals surface area contributed by atoms with E-state index in [1.54, 1.807) is 0 Å². The molecule has 0 fully saturated rings. The maximum atomic E-state index is 12.7. The predicted octanol–water partition coefficient (Wildman–Crippen LogP) is 0.677. The summed E-state index contributed by atoms with van der Waals surface area (Å²) in [5.41, 5.74) is 0.276. The first-order valence-corrected chi connectivity index (χ1v) is 4.14. The second-order valence-electron chi connectivity index (χ2n) is 3.11. The molecule has 0 aliphatic rings. The molecule has 0 amide bonds. The van der Waals surface area contributed by atoms with Crippen LogP contribution in [-0.4, -0.2) is 6.98 Å². The summed E-state index contributed by atoms with van der Waals surface area (Å²) in [4.78, 5) is 0. The summed E-state index contributed by atoms with van der Waals surface area (Å²) < 4.78 is 60.9. The third kappa shape index (κ3) is 5.09. The Kier molecular flexibility index (Phi) is 6.42. The van der Waals surface area contributed by atoms with Crippen LogP contribution in [0.2, 0.25) is 0 Å². The van der Waals surface area contributed by atoms with E-state index in [4.69, 9.17) is 0 Å². The van der Waals surface area contributed by atoms with Crippen molar-refractivity contribution in [2.24, 2.45) is 0 Å². The second kappa shape index (κ2) is 6.30. The van der Waals surface area contributed by atoms with Gasteiger partial charge in [0.2, 0.25) is 0 Å². The van der Waals surface area contributed by atoms with E-state index in [0.29, 0.717) is 0 Å². The number of aryl methyl sites for hydroxylation is 1. The van der Waals surface area contributed by atoms with Crippen LogP contribution in [0.1, 0.15) is 11.1 Å². The van der Waals surface area contributed by atoms with Crippen molar-refractivity contribution in [3.05, 3.63) is 40.9 Å². The summed E-state index contributed by atoms with van der Waals surface area (Å²) in [5, 5.41) is 0. The van der Waals surface area contributed by atoms with Crippen LogP contribution >= 0.6 is 0 Å². The first kappa shape index (κ1) is 16.3. The molecule has 7 heteroatoms. The molecular formula is C9H7BF5K. The minimum Gasteiger partial charge on any atom is -0.445 e. The molecule has 0 saturated heterocycles. The Hall–Kier alpha value is 0.311. The van der Waals surface area contributed by atoms with Gasteiger partial charge in [0, 0.05) is 0 Å². The monoisotopic (exact) mass is 260 g/mol. The Bertz CT molecular complexity index is 400. The molecule has 1 aromatic carbocycles. The van der Waals surface area contributed by atoms with E-state index in [1.165, 1.54) is 6.92 Å². The van der Waals surface area contributed by atoms with Crippen LogP contribution in [0.5, 0.6) is 0 Å². The molecule has 0 aliphatic carbocycles. The van der Waals surface area contributed by atoms with E-state index in [0.717, 1.165) is 18.2 Å². The Balaban J connectivity index is 0.00000225. The van der Waals surface area contributed by atoms with Crippen molar-refractivity contribution in [2.45, 2.75) is 6.92 Å². The average molecular weight is 260 g/mol. The van der Waals surface area contributed by atoms with Crippen molar-refractivity contribution in [1.29, 1.82) is 0 Å². The van der Waals surface area contributed by atoms with Gasteiger partial charge in [-0.15, -0.1) is 5.98 Å². The van der Waals surface area contributed by atoms with Crippen LogP contribution in [0.3, 0.4) is 0 Å². The minimum atomic E-state index is -5.06. The molecule has 0 N–H and O–H groups in total. The van der Waals surface area contributed by atoms with Gasteiger partial charge in [-0.2, -0.15) is 0 Å². The number of benzene rings is 1. The van der Waals surface area contributed by atoms with E-state index < -0.39 is 18.6 Å². The first-order valence-electron chi connectivity index (χ1n) is 4.14. The van der Waals surface area contributed by atoms with Crippen molar-refractivity contribution < 1.29 is 73.1 Å². The molecule has 82 valence electrons. The quantitative estimate of drug-likeness (QED) is 0.542. The Morgan fingerprint density at radius 2 is 1.56 bits per heavy atom. The number of hydrogen-bond donors (Lipinski definition) is 0. The molecule has 0 heterocycles. The van der Waals surface area contributed by atoms with Crippen LogP contribution in [0, 0.1) is 18.6 Å². The van der Waals surface area contributed by atoms with Crippen LogP contribution in [0.4, 0.5) is 21.7 Å². The smallest absolute Gasteiger partial charge is 0.445 e. The standard InChI is InChI=1S/C9H7BF5.K/c1-6-4-8(11)9(12)5-7(6)2-3-10(13,14)15;/h2-5H,1H3;/q-1;+1/b3-2+;. The zero-order chi connectivity index (χ0) is 11.6. The first-order chi connectivity index (χ1) is 6.79. The van der Waals surface area contributed by atoms with Crippen molar-refractivity contribution >= 4 is 13.1 Å². The fourth-order valence-electron chi connectivity index (χ4n) is 1.05. The zero-order valence-corrected chi connectivity index (χ0v) is 11.9. The molecule has 0 aliphatic heterocycles. The molecular weight excluding hydrogens is 253 g/mol. The van der Waals surface area contributed by atoms with Gasteiger partial charge in [-0.1, -0.05) is 6.08 Å². The van der Waals surface area contributed by atoms with Gasteiger partial charge < -0.3 is 12.9 Å². The van der Waals surface area contributed by atoms with Gasteiger partial charge in [0.1, 0.15) is 0 Å². The number of hydrogen-bond acceptors (Lipinski definition) is 0. The number of rotatable bonds is 2. The SMILES string of the molecule is Cc1cc(F)c(F)cc1/C=C/[B-](F)(F)F.[K+]. The van der Waals surface area contributed by atoms with E-state index in [-0.39, 0.29) is 68.5 Å². The maximum absolute atomic E-state index is 12.7. The molecule has 16 heavy (non-hydrogen) atoms. The topological polar surface area (TPSA) is 0 Å². The molecule has 0 bridgehead atoms. The Morgan fingerprint density at radius 1 is 1.06 bits per heavy atom. The van der Waals surface area contributed by atoms with Crippen LogP contribution in [0.15, 0.2) is 18.1 Å². The van der Waals surface area contributed by atoms with E-state index in [2.05, 4.69) is 0 Å². The van der Waals surface area contributed by atoms with E-state index >= 15 is 0 Å². The van der Waals surface area contributed by atoms with Gasteiger partial charge in [0.25, 0.3) is 0 Å². The van der Waals surface area contributed by atoms with Gasteiger partial charge in [-0.3, -0.25) is 0 Å². The second-order valence-corrected chi connectivity index (χ2v) is 3.11. The minimum absolute atomic E-state index is 0. The van der Waals surface area contributed by atoms with Crippen LogP contribution in [-0.2, 0) is 0 Å². The van der Waals surface area contributed by atoms with Gasteiger partial charge in [-0.25, -0.2) is 8.78 Å². The fourth-order valence-corrected chi connectivity index (χ4v) is 1.05. The summed E-state index contributed by atoms with van der Waals surface area (Å²) in [6.07, 6.45) is 0.734. The molecule has 0 atom stereocenters. The van der Waals surface area contributed by atoms with E-state index in [1.807, 2.05) is 0 Å². The number of halogens is 5. The Labute approximate surface area is 132 Å². The molecule has 0 radical (unpaired) electrons. The third-order valence-electron chi connectivity index (χ3n) is 1.80. The Morgan fingerprint density at radius 3 is 2.06 bits per heavy atom. The zero-order valence-electron chi connectivity index (χ0n) is 8.78. The maximum Gasteiger partial charge on any atom is 1.00 e. The van der Waals surface area contributed by atoms with Crippen LogP contribution < -0.4 is 51.4 Å². The summed E-state index contributed by atoms with van der Waals surface area (Å²) in [5.74, 6) is -2.18. The van der Waals surface area contributed by atoms with Gasteiger partial charge >= 0.3 is 58.4 Å². The molecule has 1 rings (SSSR count). The average Bonchev–Trinajstić information content (AvgIpc) is 2.07. The van der Waals surface area contributed by atoms with Crippen molar-refractivity contribution in [2.75, 3.05) is 0 Å². The van der Waals surface area contributed by atoms with E-state index in [9.17, 15) is 21.7 Å². The van der Waals surface area contributed by atoms with Crippen LogP contribution in [0.25, 0.3) is 6.08 Å². The molecule has 0 aromatic heterocycles. The van der Waals surface area contributed by atoms with Crippen molar-refractivity contribution in [3.8, 4) is 0 Å². The summed E-state index contributed by atoms with van der Waals surface area (Å²) in [6, 6.07) is 1.60. The largest absolute Gasteiger partial charge is 1.00 e. The van der Waals surface area contributed by atoms with Crippen molar-refractivity contribution in [3.63, 3.8) is 0 Å². The summed E-state index contributed by atoms with van der Waals surface area (Å²) >= 11 is 0. The normalized spacial score (nSPS) is 11.6.